The van der Waals surface area contributed by atoms with Crippen LogP contribution < -0.4 is 5.32 Å². The Morgan fingerprint density at radius 3 is 2.67 bits per heavy atom. The minimum absolute atomic E-state index is 0.0551. The summed E-state index contributed by atoms with van der Waals surface area (Å²) in [6.45, 7) is 0.223. The van der Waals surface area contributed by atoms with E-state index in [1.54, 1.807) is 11.0 Å². The van der Waals surface area contributed by atoms with Crippen molar-refractivity contribution in [3.05, 3.63) is 35.4 Å². The van der Waals surface area contributed by atoms with Gasteiger partial charge in [-0.05, 0) is 30.5 Å². The number of hydrogen-bond donors (Lipinski definition) is 1. The number of halogens is 3. The molecule has 0 saturated heterocycles. The van der Waals surface area contributed by atoms with Crippen LogP contribution in [0.2, 0.25) is 0 Å². The lowest BCUT2D eigenvalue weighted by Crippen LogP contribution is -2.48. The third-order valence-corrected chi connectivity index (χ3v) is 4.79. The highest BCUT2D eigenvalue weighted by molar-refractivity contribution is 5.75. The molecular weight excluding hydrogens is 357 g/mol. The molecule has 0 unspecified atom stereocenters. The van der Waals surface area contributed by atoms with E-state index in [1.165, 1.54) is 13.2 Å². The van der Waals surface area contributed by atoms with Gasteiger partial charge < -0.3 is 15.0 Å². The highest BCUT2D eigenvalue weighted by Crippen LogP contribution is 2.31. The first-order valence-electron chi connectivity index (χ1n) is 9.03. The highest BCUT2D eigenvalue weighted by Gasteiger charge is 2.32. The van der Waals surface area contributed by atoms with Crippen molar-refractivity contribution in [2.75, 3.05) is 20.3 Å². The van der Waals surface area contributed by atoms with Gasteiger partial charge in [0.25, 0.3) is 0 Å². The number of carbonyl (C=O) groups excluding carboxylic acids is 1. The molecule has 0 spiro atoms. The molecule has 1 aromatic rings. The second-order valence-electron chi connectivity index (χ2n) is 6.70. The fraction of sp³-hybridized carbons (Fsp3) is 0.550. The second-order valence-corrected chi connectivity index (χ2v) is 6.70. The summed E-state index contributed by atoms with van der Waals surface area (Å²) in [5.41, 5.74) is -0.424. The Balaban J connectivity index is 2.18. The number of urea groups is 1. The number of ether oxygens (including phenoxy) is 1. The van der Waals surface area contributed by atoms with Gasteiger partial charge >= 0.3 is 12.2 Å². The standard InChI is InChI=1S/C20H25F3N2O2/c1-3-12-25(17-10-5-4-6-11-17)19(26)24-18(14-27-2)15-8-7-9-16(13-15)20(21,22)23/h1,7-9,13,17-18H,4-6,10-12,14H2,2H3,(H,24,26)/t18-/m0/s1. The average molecular weight is 382 g/mol. The molecule has 1 saturated carbocycles. The molecule has 1 aliphatic rings. The van der Waals surface area contributed by atoms with Crippen LogP contribution in [0.25, 0.3) is 0 Å². The first kappa shape index (κ1) is 21.1. The van der Waals surface area contributed by atoms with Crippen molar-refractivity contribution >= 4 is 6.03 Å². The fourth-order valence-corrected chi connectivity index (χ4v) is 3.41. The number of benzene rings is 1. The smallest absolute Gasteiger partial charge is 0.382 e. The van der Waals surface area contributed by atoms with Crippen LogP contribution in [0.1, 0.15) is 49.3 Å². The molecule has 4 nitrogen and oxygen atoms in total. The van der Waals surface area contributed by atoms with Gasteiger partial charge in [0.2, 0.25) is 0 Å². The minimum atomic E-state index is -4.45. The number of nitrogens with zero attached hydrogens (tertiary/aromatic N) is 1. The van der Waals surface area contributed by atoms with E-state index >= 15 is 0 Å². The Labute approximate surface area is 158 Å². The quantitative estimate of drug-likeness (QED) is 0.743. The Morgan fingerprint density at radius 1 is 1.37 bits per heavy atom. The number of alkyl halides is 3. The zero-order valence-electron chi connectivity index (χ0n) is 15.4. The molecule has 2 amide bonds. The largest absolute Gasteiger partial charge is 0.416 e. The zero-order valence-corrected chi connectivity index (χ0v) is 15.4. The van der Waals surface area contributed by atoms with E-state index in [2.05, 4.69) is 11.2 Å². The second kappa shape index (κ2) is 9.65. The summed E-state index contributed by atoms with van der Waals surface area (Å²) < 4.78 is 44.1. The van der Waals surface area contributed by atoms with Crippen LogP contribution in [0, 0.1) is 12.3 Å². The van der Waals surface area contributed by atoms with Gasteiger partial charge in [-0.15, -0.1) is 6.42 Å². The topological polar surface area (TPSA) is 41.6 Å². The highest BCUT2D eigenvalue weighted by atomic mass is 19.4. The molecule has 1 atom stereocenters. The summed E-state index contributed by atoms with van der Waals surface area (Å²) in [6, 6.07) is 3.89. The van der Waals surface area contributed by atoms with Gasteiger partial charge in [-0.25, -0.2) is 4.79 Å². The van der Waals surface area contributed by atoms with Crippen LogP contribution in [0.3, 0.4) is 0 Å². The van der Waals surface area contributed by atoms with Crippen molar-refractivity contribution in [3.8, 4) is 12.3 Å². The van der Waals surface area contributed by atoms with Crippen LogP contribution in [-0.2, 0) is 10.9 Å². The number of hydrogen-bond acceptors (Lipinski definition) is 2. The van der Waals surface area contributed by atoms with Gasteiger partial charge in [0.05, 0.1) is 24.8 Å². The molecule has 0 aromatic heterocycles. The van der Waals surface area contributed by atoms with Crippen LogP contribution in [-0.4, -0.2) is 37.2 Å². The van der Waals surface area contributed by atoms with E-state index in [0.717, 1.165) is 44.2 Å². The van der Waals surface area contributed by atoms with Gasteiger partial charge in [0, 0.05) is 13.2 Å². The number of carbonyl (C=O) groups is 1. The number of methoxy groups -OCH3 is 1. The molecule has 7 heteroatoms. The maximum atomic E-state index is 13.0. The predicted octanol–water partition coefficient (Wildman–Crippen LogP) is 4.37. The minimum Gasteiger partial charge on any atom is -0.382 e. The number of nitrogens with one attached hydrogen (secondary N) is 1. The molecule has 0 heterocycles. The summed E-state index contributed by atoms with van der Waals surface area (Å²) in [4.78, 5) is 14.4. The summed E-state index contributed by atoms with van der Waals surface area (Å²) in [5.74, 6) is 2.51. The van der Waals surface area contributed by atoms with Gasteiger partial charge in [-0.2, -0.15) is 13.2 Å². The molecule has 2 rings (SSSR count). The van der Waals surface area contributed by atoms with Crippen molar-refractivity contribution < 1.29 is 22.7 Å². The number of terminal acetylenes is 1. The molecule has 0 radical (unpaired) electrons. The normalized spacial score (nSPS) is 16.4. The van der Waals surface area contributed by atoms with Crippen LogP contribution in [0.15, 0.2) is 24.3 Å². The fourth-order valence-electron chi connectivity index (χ4n) is 3.41. The van der Waals surface area contributed by atoms with Crippen LogP contribution in [0.5, 0.6) is 0 Å². The van der Waals surface area contributed by atoms with E-state index in [-0.39, 0.29) is 25.2 Å². The Morgan fingerprint density at radius 2 is 2.07 bits per heavy atom. The van der Waals surface area contributed by atoms with Gasteiger partial charge in [0.1, 0.15) is 0 Å². The van der Waals surface area contributed by atoms with E-state index in [9.17, 15) is 18.0 Å². The summed E-state index contributed by atoms with van der Waals surface area (Å²) in [6.07, 6.45) is 5.95. The van der Waals surface area contributed by atoms with E-state index in [4.69, 9.17) is 11.2 Å². The first-order valence-corrected chi connectivity index (χ1v) is 9.03. The molecule has 0 aliphatic heterocycles. The van der Waals surface area contributed by atoms with E-state index < -0.39 is 17.8 Å². The zero-order chi connectivity index (χ0) is 19.9. The van der Waals surface area contributed by atoms with Crippen molar-refractivity contribution in [1.82, 2.24) is 10.2 Å². The molecule has 0 bridgehead atoms. The van der Waals surface area contributed by atoms with Crippen LogP contribution in [0.4, 0.5) is 18.0 Å². The molecule has 148 valence electrons. The average Bonchev–Trinajstić information content (AvgIpc) is 2.66. The molecular formula is C20H25F3N2O2. The molecule has 1 N–H and O–H groups in total. The molecule has 1 aromatic carbocycles. The van der Waals surface area contributed by atoms with Gasteiger partial charge in [-0.1, -0.05) is 37.3 Å². The first-order chi connectivity index (χ1) is 12.9. The number of rotatable bonds is 6. The molecule has 27 heavy (non-hydrogen) atoms. The summed E-state index contributed by atoms with van der Waals surface area (Å²) >= 11 is 0. The summed E-state index contributed by atoms with van der Waals surface area (Å²) in [5, 5.41) is 2.79. The predicted molar refractivity (Wildman–Crippen MR) is 97.0 cm³/mol. The van der Waals surface area contributed by atoms with Gasteiger partial charge in [0.15, 0.2) is 0 Å². The van der Waals surface area contributed by atoms with Crippen molar-refractivity contribution in [1.29, 1.82) is 0 Å². The summed E-state index contributed by atoms with van der Waals surface area (Å²) in [7, 11) is 1.44. The lowest BCUT2D eigenvalue weighted by Gasteiger charge is -2.34. The Hall–Kier alpha value is -2.20. The molecule has 1 fully saturated rings. The van der Waals surface area contributed by atoms with Crippen molar-refractivity contribution in [2.24, 2.45) is 0 Å². The lowest BCUT2D eigenvalue weighted by atomic mass is 9.94. The monoisotopic (exact) mass is 382 g/mol. The van der Waals surface area contributed by atoms with Crippen molar-refractivity contribution in [3.63, 3.8) is 0 Å². The van der Waals surface area contributed by atoms with E-state index in [1.807, 2.05) is 0 Å². The maximum Gasteiger partial charge on any atom is 0.416 e. The lowest BCUT2D eigenvalue weighted by molar-refractivity contribution is -0.137. The maximum absolute atomic E-state index is 13.0. The van der Waals surface area contributed by atoms with E-state index in [0.29, 0.717) is 5.56 Å². The third-order valence-electron chi connectivity index (χ3n) is 4.79. The van der Waals surface area contributed by atoms with Crippen molar-refractivity contribution in [2.45, 2.75) is 50.4 Å². The third kappa shape index (κ3) is 5.90. The molecule has 1 aliphatic carbocycles. The SMILES string of the molecule is C#CCN(C(=O)N[C@@H](COC)c1cccc(C(F)(F)F)c1)C1CCCCC1. The Bertz CT molecular complexity index is 664. The van der Waals surface area contributed by atoms with Crippen LogP contribution >= 0.6 is 0 Å². The Kier molecular flexibility index (Phi) is 7.55. The number of amides is 2. The van der Waals surface area contributed by atoms with Gasteiger partial charge in [-0.3, -0.25) is 0 Å².